The van der Waals surface area contributed by atoms with Gasteiger partial charge in [0.25, 0.3) is 0 Å². The average Bonchev–Trinajstić information content (AvgIpc) is 2.60. The van der Waals surface area contributed by atoms with E-state index >= 15 is 0 Å². The van der Waals surface area contributed by atoms with Crippen molar-refractivity contribution in [2.45, 2.75) is 64.9 Å². The molecule has 2 heteroatoms. The SMILES string of the molecule is CCCC(CCc1ccccc1)OC(=O)c1ccccc1C(C)(C)C. The van der Waals surface area contributed by atoms with Gasteiger partial charge in [-0.1, -0.05) is 82.6 Å². The Morgan fingerprint density at radius 3 is 2.24 bits per heavy atom. The van der Waals surface area contributed by atoms with E-state index in [1.165, 1.54) is 5.56 Å². The summed E-state index contributed by atoms with van der Waals surface area (Å²) < 4.78 is 5.90. The normalized spacial score (nSPS) is 12.6. The maximum atomic E-state index is 12.8. The molecule has 0 radical (unpaired) electrons. The molecule has 0 amide bonds. The van der Waals surface area contributed by atoms with Gasteiger partial charge in [0.05, 0.1) is 5.56 Å². The number of carbonyl (C=O) groups excluding carboxylic acids is 1. The summed E-state index contributed by atoms with van der Waals surface area (Å²) in [6.45, 7) is 8.50. The summed E-state index contributed by atoms with van der Waals surface area (Å²) in [5.41, 5.74) is 2.93. The van der Waals surface area contributed by atoms with Gasteiger partial charge in [-0.2, -0.15) is 0 Å². The number of ether oxygens (including phenoxy) is 1. The highest BCUT2D eigenvalue weighted by atomic mass is 16.5. The predicted octanol–water partition coefficient (Wildman–Crippen LogP) is 5.94. The van der Waals surface area contributed by atoms with Crippen LogP contribution in [0.5, 0.6) is 0 Å². The van der Waals surface area contributed by atoms with Gasteiger partial charge in [0.15, 0.2) is 0 Å². The van der Waals surface area contributed by atoms with Crippen LogP contribution >= 0.6 is 0 Å². The Labute approximate surface area is 152 Å². The van der Waals surface area contributed by atoms with Gasteiger partial charge in [-0.3, -0.25) is 0 Å². The molecule has 0 saturated carbocycles. The van der Waals surface area contributed by atoms with Crippen molar-refractivity contribution in [3.63, 3.8) is 0 Å². The molecular formula is C23H30O2. The minimum atomic E-state index is -0.197. The van der Waals surface area contributed by atoms with Crippen LogP contribution in [0.2, 0.25) is 0 Å². The van der Waals surface area contributed by atoms with Crippen LogP contribution in [0.3, 0.4) is 0 Å². The molecule has 2 nitrogen and oxygen atoms in total. The first-order valence-electron chi connectivity index (χ1n) is 9.26. The molecule has 0 aromatic heterocycles. The lowest BCUT2D eigenvalue weighted by atomic mass is 9.84. The summed E-state index contributed by atoms with van der Waals surface area (Å²) in [5.74, 6) is -0.197. The van der Waals surface area contributed by atoms with E-state index in [1.807, 2.05) is 30.3 Å². The maximum absolute atomic E-state index is 12.8. The fraction of sp³-hybridized carbons (Fsp3) is 0.435. The number of rotatable bonds is 7. The molecule has 0 spiro atoms. The zero-order valence-corrected chi connectivity index (χ0v) is 15.9. The third kappa shape index (κ3) is 5.74. The van der Waals surface area contributed by atoms with Crippen LogP contribution < -0.4 is 0 Å². The first-order valence-corrected chi connectivity index (χ1v) is 9.26. The smallest absolute Gasteiger partial charge is 0.338 e. The molecule has 1 unspecified atom stereocenters. The molecule has 0 aliphatic heterocycles. The Morgan fingerprint density at radius 2 is 1.60 bits per heavy atom. The van der Waals surface area contributed by atoms with Crippen LogP contribution in [0.25, 0.3) is 0 Å². The molecule has 25 heavy (non-hydrogen) atoms. The average molecular weight is 338 g/mol. The van der Waals surface area contributed by atoms with E-state index in [9.17, 15) is 4.79 Å². The van der Waals surface area contributed by atoms with Gasteiger partial charge in [0.2, 0.25) is 0 Å². The van der Waals surface area contributed by atoms with Gasteiger partial charge in [0, 0.05) is 0 Å². The Hall–Kier alpha value is -2.09. The summed E-state index contributed by atoms with van der Waals surface area (Å²) in [6, 6.07) is 18.2. The third-order valence-electron chi connectivity index (χ3n) is 4.44. The van der Waals surface area contributed by atoms with Crippen molar-refractivity contribution in [2.75, 3.05) is 0 Å². The lowest BCUT2D eigenvalue weighted by molar-refractivity contribution is 0.0258. The van der Waals surface area contributed by atoms with Crippen molar-refractivity contribution in [3.8, 4) is 0 Å². The second-order valence-electron chi connectivity index (χ2n) is 7.64. The molecule has 0 aliphatic rings. The fourth-order valence-electron chi connectivity index (χ4n) is 3.09. The van der Waals surface area contributed by atoms with E-state index in [2.05, 4.69) is 52.0 Å². The van der Waals surface area contributed by atoms with Crippen molar-refractivity contribution in [2.24, 2.45) is 0 Å². The predicted molar refractivity (Wildman–Crippen MR) is 104 cm³/mol. The number of aryl methyl sites for hydroxylation is 1. The zero-order chi connectivity index (χ0) is 18.3. The molecule has 2 rings (SSSR count). The molecule has 0 bridgehead atoms. The van der Waals surface area contributed by atoms with Crippen LogP contribution in [-0.4, -0.2) is 12.1 Å². The van der Waals surface area contributed by atoms with E-state index in [4.69, 9.17) is 4.74 Å². The minimum Gasteiger partial charge on any atom is -0.459 e. The van der Waals surface area contributed by atoms with Gasteiger partial charge in [-0.15, -0.1) is 0 Å². The second-order valence-corrected chi connectivity index (χ2v) is 7.64. The largest absolute Gasteiger partial charge is 0.459 e. The van der Waals surface area contributed by atoms with Gasteiger partial charge in [-0.25, -0.2) is 4.79 Å². The first kappa shape index (κ1) is 19.2. The van der Waals surface area contributed by atoms with Crippen molar-refractivity contribution < 1.29 is 9.53 Å². The lowest BCUT2D eigenvalue weighted by Crippen LogP contribution is -2.23. The summed E-state index contributed by atoms with van der Waals surface area (Å²) in [4.78, 5) is 12.8. The quantitative estimate of drug-likeness (QED) is 0.584. The first-order chi connectivity index (χ1) is 11.9. The van der Waals surface area contributed by atoms with Crippen LogP contribution in [-0.2, 0) is 16.6 Å². The number of benzene rings is 2. The van der Waals surface area contributed by atoms with E-state index in [1.54, 1.807) is 0 Å². The summed E-state index contributed by atoms with van der Waals surface area (Å²) in [6.07, 6.45) is 3.66. The van der Waals surface area contributed by atoms with E-state index in [0.717, 1.165) is 31.2 Å². The Bertz CT molecular complexity index is 668. The van der Waals surface area contributed by atoms with Crippen molar-refractivity contribution >= 4 is 5.97 Å². The number of carbonyl (C=O) groups is 1. The third-order valence-corrected chi connectivity index (χ3v) is 4.44. The molecule has 0 aliphatic carbocycles. The van der Waals surface area contributed by atoms with E-state index in [-0.39, 0.29) is 17.5 Å². The summed E-state index contributed by atoms with van der Waals surface area (Å²) in [7, 11) is 0. The Kier molecular flexibility index (Phi) is 6.81. The Morgan fingerprint density at radius 1 is 0.960 bits per heavy atom. The summed E-state index contributed by atoms with van der Waals surface area (Å²) >= 11 is 0. The van der Waals surface area contributed by atoms with Crippen LogP contribution in [0.1, 0.15) is 68.4 Å². The van der Waals surface area contributed by atoms with Gasteiger partial charge in [0.1, 0.15) is 6.10 Å². The van der Waals surface area contributed by atoms with E-state index in [0.29, 0.717) is 5.56 Å². The van der Waals surface area contributed by atoms with Gasteiger partial charge in [-0.05, 0) is 41.9 Å². The molecule has 134 valence electrons. The maximum Gasteiger partial charge on any atom is 0.338 e. The Balaban J connectivity index is 2.08. The highest BCUT2D eigenvalue weighted by Gasteiger charge is 2.23. The van der Waals surface area contributed by atoms with Crippen LogP contribution in [0.4, 0.5) is 0 Å². The topological polar surface area (TPSA) is 26.3 Å². The number of hydrogen-bond acceptors (Lipinski definition) is 2. The molecule has 2 aromatic carbocycles. The molecule has 1 atom stereocenters. The monoisotopic (exact) mass is 338 g/mol. The summed E-state index contributed by atoms with van der Waals surface area (Å²) in [5, 5.41) is 0. The molecule has 0 saturated heterocycles. The highest BCUT2D eigenvalue weighted by molar-refractivity contribution is 5.91. The molecule has 0 heterocycles. The number of esters is 1. The lowest BCUT2D eigenvalue weighted by Gasteiger charge is -2.24. The minimum absolute atomic E-state index is 0.0364. The van der Waals surface area contributed by atoms with Crippen molar-refractivity contribution in [1.82, 2.24) is 0 Å². The number of hydrogen-bond donors (Lipinski definition) is 0. The second kappa shape index (κ2) is 8.84. The fourth-order valence-corrected chi connectivity index (χ4v) is 3.09. The van der Waals surface area contributed by atoms with Crippen LogP contribution in [0.15, 0.2) is 54.6 Å². The van der Waals surface area contributed by atoms with Crippen molar-refractivity contribution in [3.05, 3.63) is 71.3 Å². The van der Waals surface area contributed by atoms with Crippen LogP contribution in [0, 0.1) is 0 Å². The van der Waals surface area contributed by atoms with Crippen molar-refractivity contribution in [1.29, 1.82) is 0 Å². The zero-order valence-electron chi connectivity index (χ0n) is 15.9. The molecule has 0 N–H and O–H groups in total. The highest BCUT2D eigenvalue weighted by Crippen LogP contribution is 2.27. The standard InChI is InChI=1S/C23H30O2/c1-5-11-19(17-16-18-12-7-6-8-13-18)25-22(24)20-14-9-10-15-21(20)23(2,3)4/h6-10,12-15,19H,5,11,16-17H2,1-4H3. The molecule has 2 aromatic rings. The van der Waals surface area contributed by atoms with Gasteiger partial charge < -0.3 is 4.74 Å². The molecular weight excluding hydrogens is 308 g/mol. The molecule has 0 fully saturated rings. The van der Waals surface area contributed by atoms with Gasteiger partial charge >= 0.3 is 5.97 Å². The van der Waals surface area contributed by atoms with E-state index < -0.39 is 0 Å².